The van der Waals surface area contributed by atoms with Gasteiger partial charge < -0.3 is 19.5 Å². The summed E-state index contributed by atoms with van der Waals surface area (Å²) in [5.41, 5.74) is 0. The fourth-order valence-electron chi connectivity index (χ4n) is 5.08. The first-order valence-electron chi connectivity index (χ1n) is 11.8. The first-order chi connectivity index (χ1) is 14.3. The first-order valence-corrected chi connectivity index (χ1v) is 11.8. The van der Waals surface area contributed by atoms with Crippen LogP contribution in [-0.2, 0) is 22.5 Å². The molecule has 162 valence electrons. The van der Waals surface area contributed by atoms with Crippen LogP contribution >= 0.6 is 0 Å². The van der Waals surface area contributed by atoms with Crippen molar-refractivity contribution < 1.29 is 9.53 Å². The summed E-state index contributed by atoms with van der Waals surface area (Å²) in [6.07, 6.45) is 11.0. The van der Waals surface area contributed by atoms with Gasteiger partial charge in [0.25, 0.3) is 0 Å². The number of aryl methyl sites for hydroxylation is 1. The smallest absolute Gasteiger partial charge is 0.220 e. The van der Waals surface area contributed by atoms with Crippen molar-refractivity contribution in [2.75, 3.05) is 39.4 Å². The van der Waals surface area contributed by atoms with Crippen LogP contribution in [-0.4, -0.2) is 65.0 Å². The third-order valence-corrected chi connectivity index (χ3v) is 6.90. The van der Waals surface area contributed by atoms with Gasteiger partial charge in [-0.05, 0) is 57.5 Å². The molecule has 4 rings (SSSR count). The molecule has 0 aliphatic carbocycles. The standard InChI is InChI=1S/C22H37N5O2/c28-21(23-10-14-26-11-3-1-2-4-12-26)17-18-5-6-20-24-25-22(27(20)13-7-18)19-8-15-29-16-9-19/h18-19H,1-17H2,(H,23,28). The van der Waals surface area contributed by atoms with Crippen LogP contribution in [0, 0.1) is 5.92 Å². The summed E-state index contributed by atoms with van der Waals surface area (Å²) in [5.74, 6) is 3.38. The van der Waals surface area contributed by atoms with Crippen molar-refractivity contribution in [2.45, 2.75) is 76.7 Å². The average Bonchev–Trinajstić information content (AvgIpc) is 2.88. The SMILES string of the molecule is O=C(CC1CCc2nnc(C3CCOCC3)n2CC1)NCCN1CCCCCC1. The molecule has 7 heteroatoms. The summed E-state index contributed by atoms with van der Waals surface area (Å²) in [5, 5.41) is 12.2. The number of nitrogens with zero attached hydrogens (tertiary/aromatic N) is 4. The lowest BCUT2D eigenvalue weighted by Gasteiger charge is -2.22. The molecule has 0 aromatic carbocycles. The fourth-order valence-corrected chi connectivity index (χ4v) is 5.08. The maximum absolute atomic E-state index is 12.5. The summed E-state index contributed by atoms with van der Waals surface area (Å²) in [6, 6.07) is 0. The lowest BCUT2D eigenvalue weighted by molar-refractivity contribution is -0.122. The van der Waals surface area contributed by atoms with E-state index in [0.29, 0.717) is 18.3 Å². The molecule has 3 aliphatic heterocycles. The largest absolute Gasteiger partial charge is 0.381 e. The second-order valence-corrected chi connectivity index (χ2v) is 9.02. The van der Waals surface area contributed by atoms with Gasteiger partial charge in [0.2, 0.25) is 5.91 Å². The zero-order valence-electron chi connectivity index (χ0n) is 17.8. The van der Waals surface area contributed by atoms with Crippen molar-refractivity contribution in [1.82, 2.24) is 25.0 Å². The van der Waals surface area contributed by atoms with Crippen molar-refractivity contribution in [3.63, 3.8) is 0 Å². The van der Waals surface area contributed by atoms with E-state index in [-0.39, 0.29) is 5.91 Å². The molecule has 2 fully saturated rings. The van der Waals surface area contributed by atoms with Crippen LogP contribution in [0.15, 0.2) is 0 Å². The lowest BCUT2D eigenvalue weighted by Crippen LogP contribution is -2.36. The summed E-state index contributed by atoms with van der Waals surface area (Å²) in [6.45, 7) is 6.75. The van der Waals surface area contributed by atoms with E-state index in [1.807, 2.05) is 0 Å². The molecule has 7 nitrogen and oxygen atoms in total. The van der Waals surface area contributed by atoms with Gasteiger partial charge >= 0.3 is 0 Å². The summed E-state index contributed by atoms with van der Waals surface area (Å²) in [4.78, 5) is 15.0. The second kappa shape index (κ2) is 10.5. The van der Waals surface area contributed by atoms with Gasteiger partial charge in [-0.2, -0.15) is 0 Å². The molecule has 1 N–H and O–H groups in total. The number of fused-ring (bicyclic) bond motifs is 1. The summed E-state index contributed by atoms with van der Waals surface area (Å²) < 4.78 is 7.84. The van der Waals surface area contributed by atoms with Crippen LogP contribution in [0.1, 0.15) is 75.4 Å². The van der Waals surface area contributed by atoms with E-state index >= 15 is 0 Å². The number of carbonyl (C=O) groups is 1. The third-order valence-electron chi connectivity index (χ3n) is 6.90. The van der Waals surface area contributed by atoms with Crippen molar-refractivity contribution in [3.8, 4) is 0 Å². The van der Waals surface area contributed by atoms with Crippen molar-refractivity contribution in [2.24, 2.45) is 5.92 Å². The Kier molecular flexibility index (Phi) is 7.55. The Hall–Kier alpha value is -1.47. The van der Waals surface area contributed by atoms with E-state index < -0.39 is 0 Å². The van der Waals surface area contributed by atoms with Crippen molar-refractivity contribution in [1.29, 1.82) is 0 Å². The Balaban J connectivity index is 1.21. The minimum Gasteiger partial charge on any atom is -0.381 e. The van der Waals surface area contributed by atoms with Crippen LogP contribution in [0.5, 0.6) is 0 Å². The van der Waals surface area contributed by atoms with Crippen LogP contribution in [0.4, 0.5) is 0 Å². The number of ether oxygens (including phenoxy) is 1. The average molecular weight is 404 g/mol. The fraction of sp³-hybridized carbons (Fsp3) is 0.864. The van der Waals surface area contributed by atoms with Gasteiger partial charge in [0.15, 0.2) is 0 Å². The molecule has 0 bridgehead atoms. The summed E-state index contributed by atoms with van der Waals surface area (Å²) >= 11 is 0. The van der Waals surface area contributed by atoms with Gasteiger partial charge in [-0.15, -0.1) is 10.2 Å². The van der Waals surface area contributed by atoms with Gasteiger partial charge in [-0.1, -0.05) is 12.8 Å². The van der Waals surface area contributed by atoms with Gasteiger partial charge in [0, 0.05) is 51.6 Å². The number of likely N-dealkylation sites (tertiary alicyclic amines) is 1. The maximum Gasteiger partial charge on any atom is 0.220 e. The molecular formula is C22H37N5O2. The Morgan fingerprint density at radius 3 is 2.59 bits per heavy atom. The topological polar surface area (TPSA) is 72.3 Å². The minimum atomic E-state index is 0.215. The molecule has 29 heavy (non-hydrogen) atoms. The Morgan fingerprint density at radius 1 is 1.00 bits per heavy atom. The van der Waals surface area contributed by atoms with Gasteiger partial charge in [0.1, 0.15) is 11.6 Å². The van der Waals surface area contributed by atoms with E-state index in [4.69, 9.17) is 4.74 Å². The highest BCUT2D eigenvalue weighted by molar-refractivity contribution is 5.76. The number of hydrogen-bond acceptors (Lipinski definition) is 5. The monoisotopic (exact) mass is 403 g/mol. The van der Waals surface area contributed by atoms with E-state index in [1.54, 1.807) is 0 Å². The minimum absolute atomic E-state index is 0.215. The zero-order valence-corrected chi connectivity index (χ0v) is 17.8. The predicted molar refractivity (Wildman–Crippen MR) is 112 cm³/mol. The van der Waals surface area contributed by atoms with Crippen LogP contribution in [0.2, 0.25) is 0 Å². The number of amides is 1. The maximum atomic E-state index is 12.5. The predicted octanol–water partition coefficient (Wildman–Crippen LogP) is 2.51. The van der Waals surface area contributed by atoms with Gasteiger partial charge in [-0.25, -0.2) is 0 Å². The number of rotatable bonds is 6. The third kappa shape index (κ3) is 5.79. The highest BCUT2D eigenvalue weighted by atomic mass is 16.5. The highest BCUT2D eigenvalue weighted by Gasteiger charge is 2.26. The van der Waals surface area contributed by atoms with Gasteiger partial charge in [0.05, 0.1) is 0 Å². The molecule has 0 spiro atoms. The molecule has 1 amide bonds. The van der Waals surface area contributed by atoms with E-state index in [9.17, 15) is 4.79 Å². The van der Waals surface area contributed by atoms with Gasteiger partial charge in [-0.3, -0.25) is 4.79 Å². The molecule has 2 saturated heterocycles. The molecule has 1 aromatic rings. The van der Waals surface area contributed by atoms with E-state index in [0.717, 1.165) is 76.6 Å². The molecule has 1 unspecified atom stereocenters. The quantitative estimate of drug-likeness (QED) is 0.790. The first kappa shape index (κ1) is 20.8. The van der Waals surface area contributed by atoms with Crippen molar-refractivity contribution in [3.05, 3.63) is 11.6 Å². The molecule has 1 atom stereocenters. The highest BCUT2D eigenvalue weighted by Crippen LogP contribution is 2.29. The van der Waals surface area contributed by atoms with Crippen LogP contribution in [0.3, 0.4) is 0 Å². The van der Waals surface area contributed by atoms with Crippen molar-refractivity contribution >= 4 is 5.91 Å². The normalized spacial score (nSPS) is 24.5. The Bertz CT molecular complexity index is 648. The number of aromatic nitrogens is 3. The number of hydrogen-bond donors (Lipinski definition) is 1. The molecule has 3 aliphatic rings. The number of carbonyl (C=O) groups excluding carboxylic acids is 1. The zero-order chi connectivity index (χ0) is 19.9. The van der Waals surface area contributed by atoms with E-state index in [1.165, 1.54) is 38.8 Å². The van der Waals surface area contributed by atoms with Crippen LogP contribution in [0.25, 0.3) is 0 Å². The Labute approximate surface area is 174 Å². The molecule has 1 aromatic heterocycles. The molecule has 4 heterocycles. The van der Waals surface area contributed by atoms with Crippen LogP contribution < -0.4 is 5.32 Å². The van der Waals surface area contributed by atoms with E-state index in [2.05, 4.69) is 25.0 Å². The second-order valence-electron chi connectivity index (χ2n) is 9.02. The molecule has 0 saturated carbocycles. The lowest BCUT2D eigenvalue weighted by atomic mass is 9.96. The Morgan fingerprint density at radius 2 is 1.79 bits per heavy atom. The number of nitrogens with one attached hydrogen (secondary N) is 1. The molecular weight excluding hydrogens is 366 g/mol. The summed E-state index contributed by atoms with van der Waals surface area (Å²) in [7, 11) is 0. The molecule has 0 radical (unpaired) electrons.